The number of aliphatic carboxylic acids is 1. The van der Waals surface area contributed by atoms with Gasteiger partial charge in [-0.25, -0.2) is 9.78 Å². The molecule has 1 amide bonds. The Balaban J connectivity index is 1.30. The Hall–Kier alpha value is -3.87. The summed E-state index contributed by atoms with van der Waals surface area (Å²) >= 11 is 0. The third-order valence-corrected chi connectivity index (χ3v) is 7.19. The highest BCUT2D eigenvalue weighted by Crippen LogP contribution is 2.26. The summed E-state index contributed by atoms with van der Waals surface area (Å²) < 4.78 is 11.7. The molecule has 0 unspecified atom stereocenters. The first-order chi connectivity index (χ1) is 18.3. The molecule has 200 valence electrons. The number of carboxylic acids is 1. The standard InChI is InChI=1S/C31H36N2O5/c1-21(2)24-13-16-33(17-14-24)29(34)20-26(31(35)36)19-23-9-11-27(12-10-23)37-18-15-28-22(3)38-30(32-28)25-7-5-4-6-8-25/h4-12,19,21,24H,13-18,20H2,1-3H3,(H,35,36)/b26-19+. The van der Waals surface area contributed by atoms with Crippen LogP contribution in [0.2, 0.25) is 0 Å². The molecule has 1 aliphatic heterocycles. The summed E-state index contributed by atoms with van der Waals surface area (Å²) in [5, 5.41) is 9.70. The van der Waals surface area contributed by atoms with E-state index in [-0.39, 0.29) is 17.9 Å². The number of amides is 1. The van der Waals surface area contributed by atoms with E-state index in [1.54, 1.807) is 35.2 Å². The summed E-state index contributed by atoms with van der Waals surface area (Å²) in [6.07, 6.45) is 4.00. The average molecular weight is 517 g/mol. The monoisotopic (exact) mass is 516 g/mol. The van der Waals surface area contributed by atoms with E-state index >= 15 is 0 Å². The molecule has 0 atom stereocenters. The second kappa shape index (κ2) is 12.6. The van der Waals surface area contributed by atoms with Gasteiger partial charge in [-0.1, -0.05) is 44.2 Å². The molecule has 7 heteroatoms. The van der Waals surface area contributed by atoms with Crippen LogP contribution in [0.4, 0.5) is 0 Å². The summed E-state index contributed by atoms with van der Waals surface area (Å²) in [6, 6.07) is 17.0. The van der Waals surface area contributed by atoms with Gasteiger partial charge in [0.05, 0.1) is 18.7 Å². The Labute approximate surface area is 224 Å². The fraction of sp³-hybridized carbons (Fsp3) is 0.387. The van der Waals surface area contributed by atoms with Crippen LogP contribution >= 0.6 is 0 Å². The summed E-state index contributed by atoms with van der Waals surface area (Å²) in [6.45, 7) is 8.14. The van der Waals surface area contributed by atoms with Crippen molar-refractivity contribution in [3.63, 3.8) is 0 Å². The van der Waals surface area contributed by atoms with Gasteiger partial charge in [-0.15, -0.1) is 0 Å². The number of likely N-dealkylation sites (tertiary alicyclic amines) is 1. The van der Waals surface area contributed by atoms with E-state index < -0.39 is 5.97 Å². The molecule has 1 saturated heterocycles. The van der Waals surface area contributed by atoms with E-state index in [0.29, 0.717) is 55.2 Å². The van der Waals surface area contributed by atoms with Crippen molar-refractivity contribution in [1.29, 1.82) is 0 Å². The molecule has 1 aliphatic rings. The Kier molecular flexibility index (Phi) is 9.00. The lowest BCUT2D eigenvalue weighted by molar-refractivity contribution is -0.137. The fourth-order valence-corrected chi connectivity index (χ4v) is 4.77. The molecule has 4 rings (SSSR count). The molecule has 0 spiro atoms. The maximum absolute atomic E-state index is 12.8. The van der Waals surface area contributed by atoms with Crippen LogP contribution in [0.3, 0.4) is 0 Å². The lowest BCUT2D eigenvalue weighted by Crippen LogP contribution is -2.39. The van der Waals surface area contributed by atoms with Crippen molar-refractivity contribution in [2.75, 3.05) is 19.7 Å². The molecule has 2 aromatic carbocycles. The predicted octanol–water partition coefficient (Wildman–Crippen LogP) is 6.02. The maximum Gasteiger partial charge on any atom is 0.332 e. The number of piperidine rings is 1. The number of carbonyl (C=O) groups excluding carboxylic acids is 1. The van der Waals surface area contributed by atoms with E-state index in [2.05, 4.69) is 18.8 Å². The Morgan fingerprint density at radius 2 is 1.79 bits per heavy atom. The van der Waals surface area contributed by atoms with Gasteiger partial charge in [-0.3, -0.25) is 4.79 Å². The summed E-state index contributed by atoms with van der Waals surface area (Å²) in [5.74, 6) is 2.07. The van der Waals surface area contributed by atoms with E-state index in [0.717, 1.165) is 29.9 Å². The number of hydrogen-bond acceptors (Lipinski definition) is 5. The van der Waals surface area contributed by atoms with Crippen molar-refractivity contribution in [3.05, 3.63) is 77.2 Å². The van der Waals surface area contributed by atoms with Crippen molar-refractivity contribution in [2.45, 2.75) is 46.5 Å². The molecule has 0 aliphatic carbocycles. The minimum Gasteiger partial charge on any atom is -0.493 e. The largest absolute Gasteiger partial charge is 0.493 e. The van der Waals surface area contributed by atoms with Gasteiger partial charge in [0.1, 0.15) is 11.5 Å². The Morgan fingerprint density at radius 1 is 1.11 bits per heavy atom. The number of oxazole rings is 1. The number of carboxylic acid groups (broad SMARTS) is 1. The van der Waals surface area contributed by atoms with Gasteiger partial charge in [0.25, 0.3) is 0 Å². The third-order valence-electron chi connectivity index (χ3n) is 7.19. The van der Waals surface area contributed by atoms with Crippen LogP contribution in [0.25, 0.3) is 17.5 Å². The SMILES string of the molecule is Cc1oc(-c2ccccc2)nc1CCOc1ccc(/C=C(\CC(=O)N2CCC(C(C)C)CC2)C(=O)O)cc1. The summed E-state index contributed by atoms with van der Waals surface area (Å²) in [4.78, 5) is 31.0. The molecular weight excluding hydrogens is 480 g/mol. The van der Waals surface area contributed by atoms with Crippen LogP contribution in [0.15, 0.2) is 64.6 Å². The van der Waals surface area contributed by atoms with Crippen LogP contribution in [0.5, 0.6) is 5.75 Å². The maximum atomic E-state index is 12.8. The van der Waals surface area contributed by atoms with Crippen molar-refractivity contribution >= 4 is 18.0 Å². The zero-order valence-electron chi connectivity index (χ0n) is 22.4. The third kappa shape index (κ3) is 7.12. The average Bonchev–Trinajstić information content (AvgIpc) is 3.30. The zero-order chi connectivity index (χ0) is 27.1. The number of ether oxygens (including phenoxy) is 1. The van der Waals surface area contributed by atoms with Gasteiger partial charge in [0, 0.05) is 30.6 Å². The van der Waals surface area contributed by atoms with Gasteiger partial charge in [0.2, 0.25) is 11.8 Å². The number of hydrogen-bond donors (Lipinski definition) is 1. The van der Waals surface area contributed by atoms with Crippen LogP contribution in [-0.2, 0) is 16.0 Å². The van der Waals surface area contributed by atoms with Crippen LogP contribution in [0.1, 0.15) is 50.1 Å². The highest BCUT2D eigenvalue weighted by Gasteiger charge is 2.26. The number of nitrogens with zero attached hydrogens (tertiary/aromatic N) is 2. The number of rotatable bonds is 10. The van der Waals surface area contributed by atoms with Gasteiger partial charge in [-0.05, 0) is 67.5 Å². The first-order valence-corrected chi connectivity index (χ1v) is 13.3. The molecule has 0 bridgehead atoms. The van der Waals surface area contributed by atoms with Gasteiger partial charge in [0.15, 0.2) is 0 Å². The normalized spacial score (nSPS) is 14.6. The topological polar surface area (TPSA) is 92.9 Å². The first-order valence-electron chi connectivity index (χ1n) is 13.3. The number of benzene rings is 2. The van der Waals surface area contributed by atoms with E-state index in [4.69, 9.17) is 9.15 Å². The second-order valence-corrected chi connectivity index (χ2v) is 10.2. The fourth-order valence-electron chi connectivity index (χ4n) is 4.77. The summed E-state index contributed by atoms with van der Waals surface area (Å²) in [7, 11) is 0. The zero-order valence-corrected chi connectivity index (χ0v) is 22.4. The Morgan fingerprint density at radius 3 is 2.42 bits per heavy atom. The van der Waals surface area contributed by atoms with Crippen molar-refractivity contribution < 1.29 is 23.8 Å². The molecule has 7 nitrogen and oxygen atoms in total. The van der Waals surface area contributed by atoms with E-state index in [1.807, 2.05) is 37.3 Å². The quantitative estimate of drug-likeness (QED) is 0.331. The second-order valence-electron chi connectivity index (χ2n) is 10.2. The first kappa shape index (κ1) is 27.2. The molecule has 1 fully saturated rings. The molecule has 38 heavy (non-hydrogen) atoms. The van der Waals surface area contributed by atoms with Crippen LogP contribution in [-0.4, -0.2) is 46.6 Å². The lowest BCUT2D eigenvalue weighted by atomic mass is 9.86. The minimum absolute atomic E-state index is 0.0883. The molecule has 2 heterocycles. The molecule has 1 aromatic heterocycles. The van der Waals surface area contributed by atoms with Crippen molar-refractivity contribution in [1.82, 2.24) is 9.88 Å². The van der Waals surface area contributed by atoms with E-state index in [1.165, 1.54) is 0 Å². The molecule has 0 saturated carbocycles. The van der Waals surface area contributed by atoms with Gasteiger partial charge < -0.3 is 19.2 Å². The highest BCUT2D eigenvalue weighted by atomic mass is 16.5. The lowest BCUT2D eigenvalue weighted by Gasteiger charge is -2.34. The minimum atomic E-state index is -1.08. The van der Waals surface area contributed by atoms with E-state index in [9.17, 15) is 14.7 Å². The van der Waals surface area contributed by atoms with Crippen molar-refractivity contribution in [2.24, 2.45) is 11.8 Å². The molecule has 1 N–H and O–H groups in total. The number of carbonyl (C=O) groups is 2. The molecular formula is C31H36N2O5. The molecule has 3 aromatic rings. The van der Waals surface area contributed by atoms with Crippen molar-refractivity contribution in [3.8, 4) is 17.2 Å². The van der Waals surface area contributed by atoms with Crippen LogP contribution < -0.4 is 4.74 Å². The Bertz CT molecular complexity index is 1250. The van der Waals surface area contributed by atoms with Gasteiger partial charge >= 0.3 is 5.97 Å². The van der Waals surface area contributed by atoms with Gasteiger partial charge in [-0.2, -0.15) is 0 Å². The predicted molar refractivity (Wildman–Crippen MR) is 147 cm³/mol. The highest BCUT2D eigenvalue weighted by molar-refractivity contribution is 5.98. The molecule has 0 radical (unpaired) electrons. The number of aromatic nitrogens is 1. The summed E-state index contributed by atoms with van der Waals surface area (Å²) in [5.41, 5.74) is 2.59. The smallest absolute Gasteiger partial charge is 0.332 e. The van der Waals surface area contributed by atoms with Crippen LogP contribution in [0, 0.1) is 18.8 Å². The number of aryl methyl sites for hydroxylation is 1.